The average Bonchev–Trinajstić information content (AvgIpc) is 2.49. The van der Waals surface area contributed by atoms with Crippen LogP contribution in [0, 0.1) is 11.7 Å². The highest BCUT2D eigenvalue weighted by Gasteiger charge is 2.31. The normalized spacial score (nSPS) is 18.0. The molecule has 2 aliphatic heterocycles. The predicted octanol–water partition coefficient (Wildman–Crippen LogP) is 1.51. The van der Waals surface area contributed by atoms with E-state index in [1.54, 1.807) is 11.5 Å². The van der Waals surface area contributed by atoms with Crippen LogP contribution in [0.5, 0.6) is 0 Å². The summed E-state index contributed by atoms with van der Waals surface area (Å²) in [5.41, 5.74) is 4.40. The Morgan fingerprint density at radius 1 is 1.50 bits per heavy atom. The second-order valence-corrected chi connectivity index (χ2v) is 5.92. The number of amides is 1. The Hall–Kier alpha value is -1.79. The van der Waals surface area contributed by atoms with Crippen LogP contribution < -0.4 is 5.48 Å². The molecule has 0 aromatic heterocycles. The maximum absolute atomic E-state index is 14.3. The Bertz CT molecular complexity index is 639. The van der Waals surface area contributed by atoms with Crippen LogP contribution in [-0.4, -0.2) is 41.2 Å². The van der Waals surface area contributed by atoms with Crippen molar-refractivity contribution in [1.29, 1.82) is 0 Å². The fraction of sp³-hybridized carbons (Fsp3) is 0.500. The molecular weight excluding hydrogens is 287 g/mol. The quantitative estimate of drug-likeness (QED) is 0.503. The van der Waals surface area contributed by atoms with Gasteiger partial charge >= 0.3 is 0 Å². The number of nitrogens with zero attached hydrogens (tertiary/aromatic N) is 1. The maximum Gasteiger partial charge on any atom is 0.274 e. The van der Waals surface area contributed by atoms with E-state index in [9.17, 15) is 9.18 Å². The Morgan fingerprint density at radius 3 is 2.86 bits per heavy atom. The van der Waals surface area contributed by atoms with Crippen molar-refractivity contribution in [2.45, 2.75) is 26.3 Å². The average molecular weight is 307 g/mol. The minimum absolute atomic E-state index is 0.144. The topological polar surface area (TPSA) is 61.6 Å². The van der Waals surface area contributed by atoms with Crippen LogP contribution in [0.3, 0.4) is 0 Å². The third-order valence-corrected chi connectivity index (χ3v) is 4.43. The fourth-order valence-electron chi connectivity index (χ4n) is 3.11. The summed E-state index contributed by atoms with van der Waals surface area (Å²) >= 11 is 0. The molecule has 1 saturated heterocycles. The van der Waals surface area contributed by atoms with Gasteiger partial charge in [0.15, 0.2) is 12.3 Å². The van der Waals surface area contributed by atoms with Crippen molar-refractivity contribution in [3.63, 3.8) is 0 Å². The molecule has 0 radical (unpaired) electrons. The molecule has 0 unspecified atom stereocenters. The molecule has 118 valence electrons. The zero-order valence-electron chi connectivity index (χ0n) is 12.6. The van der Waals surface area contributed by atoms with Crippen molar-refractivity contribution in [3.05, 3.63) is 34.6 Å². The summed E-state index contributed by atoms with van der Waals surface area (Å²) in [5, 5.41) is 8.72. The van der Waals surface area contributed by atoms with Crippen LogP contribution in [0.25, 0.3) is 0 Å². The van der Waals surface area contributed by atoms with Crippen LogP contribution in [0.4, 0.5) is 4.39 Å². The van der Waals surface area contributed by atoms with E-state index in [-0.39, 0.29) is 11.4 Å². The molecule has 1 aromatic carbocycles. The third-order valence-electron chi connectivity index (χ3n) is 4.43. The van der Waals surface area contributed by atoms with Crippen LogP contribution in [0.15, 0.2) is 12.1 Å². The van der Waals surface area contributed by atoms with E-state index >= 15 is 0 Å². The monoisotopic (exact) mass is 307 g/mol. The first-order valence-electron chi connectivity index (χ1n) is 7.55. The maximum atomic E-state index is 14.3. The number of ether oxygens (including phenoxy) is 1. The SMILES string of the molecule is CCC1=[N+](CC2COC2)Cc2cc(C(=O)NO)cc(F)c2C1. The summed E-state index contributed by atoms with van der Waals surface area (Å²) in [6, 6.07) is 2.85. The number of hydroxylamine groups is 1. The molecule has 0 atom stereocenters. The summed E-state index contributed by atoms with van der Waals surface area (Å²) < 4.78 is 21.8. The lowest BCUT2D eigenvalue weighted by molar-refractivity contribution is -0.559. The third kappa shape index (κ3) is 2.76. The minimum Gasteiger partial charge on any atom is -0.380 e. The number of carbonyl (C=O) groups is 1. The summed E-state index contributed by atoms with van der Waals surface area (Å²) in [7, 11) is 0. The number of nitrogens with one attached hydrogen (secondary N) is 1. The van der Waals surface area contributed by atoms with Gasteiger partial charge in [-0.2, -0.15) is 0 Å². The lowest BCUT2D eigenvalue weighted by Crippen LogP contribution is -2.39. The molecule has 6 heteroatoms. The molecule has 2 N–H and O–H groups in total. The molecule has 0 spiro atoms. The molecule has 2 heterocycles. The smallest absolute Gasteiger partial charge is 0.274 e. The first kappa shape index (κ1) is 15.1. The van der Waals surface area contributed by atoms with Gasteiger partial charge in [0.2, 0.25) is 0 Å². The van der Waals surface area contributed by atoms with Crippen molar-refractivity contribution < 1.29 is 23.7 Å². The highest BCUT2D eigenvalue weighted by atomic mass is 19.1. The Kier molecular flexibility index (Phi) is 4.22. The van der Waals surface area contributed by atoms with Crippen molar-refractivity contribution in [2.75, 3.05) is 19.8 Å². The van der Waals surface area contributed by atoms with Crippen LogP contribution in [0.2, 0.25) is 0 Å². The van der Waals surface area contributed by atoms with Gasteiger partial charge in [-0.05, 0) is 12.1 Å². The Balaban J connectivity index is 1.91. The number of fused-ring (bicyclic) bond motifs is 1. The number of carbonyl (C=O) groups excluding carboxylic acids is 1. The van der Waals surface area contributed by atoms with Crippen LogP contribution in [-0.2, 0) is 17.7 Å². The molecule has 1 amide bonds. The molecule has 1 aromatic rings. The van der Waals surface area contributed by atoms with E-state index in [4.69, 9.17) is 9.94 Å². The van der Waals surface area contributed by atoms with Gasteiger partial charge in [0, 0.05) is 23.1 Å². The zero-order valence-corrected chi connectivity index (χ0v) is 12.6. The zero-order chi connectivity index (χ0) is 15.7. The van der Waals surface area contributed by atoms with Gasteiger partial charge in [0.05, 0.1) is 25.6 Å². The van der Waals surface area contributed by atoms with Crippen molar-refractivity contribution in [2.24, 2.45) is 5.92 Å². The summed E-state index contributed by atoms with van der Waals surface area (Å²) in [5.74, 6) is -0.545. The lowest BCUT2D eigenvalue weighted by atomic mass is 9.93. The molecule has 0 bridgehead atoms. The molecule has 2 aliphatic rings. The molecule has 5 nitrogen and oxygen atoms in total. The van der Waals surface area contributed by atoms with Crippen molar-refractivity contribution >= 4 is 11.6 Å². The highest BCUT2D eigenvalue weighted by Crippen LogP contribution is 2.24. The summed E-state index contributed by atoms with van der Waals surface area (Å²) in [6.07, 6.45) is 1.46. The number of rotatable bonds is 4. The molecule has 1 fully saturated rings. The number of halogens is 1. The Morgan fingerprint density at radius 2 is 2.27 bits per heavy atom. The summed E-state index contributed by atoms with van der Waals surface area (Å²) in [4.78, 5) is 11.5. The lowest BCUT2D eigenvalue weighted by Gasteiger charge is -2.27. The van der Waals surface area contributed by atoms with Gasteiger partial charge in [-0.25, -0.2) is 14.4 Å². The first-order valence-corrected chi connectivity index (χ1v) is 7.55. The number of benzene rings is 1. The van der Waals surface area contributed by atoms with Crippen LogP contribution in [0.1, 0.15) is 34.8 Å². The Labute approximate surface area is 128 Å². The number of hydrogen-bond acceptors (Lipinski definition) is 3. The number of hydrogen-bond donors (Lipinski definition) is 2. The second-order valence-electron chi connectivity index (χ2n) is 5.92. The highest BCUT2D eigenvalue weighted by molar-refractivity contribution is 5.94. The summed E-state index contributed by atoms with van der Waals surface area (Å²) in [6.45, 7) is 5.14. The van der Waals surface area contributed by atoms with Crippen molar-refractivity contribution in [3.8, 4) is 0 Å². The van der Waals surface area contributed by atoms with E-state index in [0.29, 0.717) is 24.4 Å². The van der Waals surface area contributed by atoms with Gasteiger partial charge in [0.1, 0.15) is 12.4 Å². The van der Waals surface area contributed by atoms with E-state index in [2.05, 4.69) is 11.5 Å². The van der Waals surface area contributed by atoms with Gasteiger partial charge < -0.3 is 4.74 Å². The molecule has 0 saturated carbocycles. The minimum atomic E-state index is -0.689. The molecule has 0 aliphatic carbocycles. The largest absolute Gasteiger partial charge is 0.380 e. The van der Waals surface area contributed by atoms with E-state index < -0.39 is 5.91 Å². The van der Waals surface area contributed by atoms with Crippen LogP contribution >= 0.6 is 0 Å². The van der Waals surface area contributed by atoms with Gasteiger partial charge in [0.25, 0.3) is 5.91 Å². The van der Waals surface area contributed by atoms with Gasteiger partial charge in [-0.3, -0.25) is 10.0 Å². The predicted molar refractivity (Wildman–Crippen MR) is 77.8 cm³/mol. The van der Waals surface area contributed by atoms with E-state index in [0.717, 1.165) is 31.7 Å². The molecular formula is C16H20FN2O3+. The first-order chi connectivity index (χ1) is 10.6. The van der Waals surface area contributed by atoms with Gasteiger partial charge in [-0.1, -0.05) is 6.92 Å². The molecule has 3 rings (SSSR count). The second kappa shape index (κ2) is 6.14. The van der Waals surface area contributed by atoms with Crippen molar-refractivity contribution in [1.82, 2.24) is 5.48 Å². The fourth-order valence-corrected chi connectivity index (χ4v) is 3.11. The van der Waals surface area contributed by atoms with E-state index in [1.165, 1.54) is 11.8 Å². The standard InChI is InChI=1S/C16H19FN2O3/c1-2-13-5-14-12(7-19(13)6-10-8-22-9-10)3-11(4-15(14)17)16(20)18-21/h3-4,10H,2,5-9H2,1H3,(H-,18,20,21)/p+1. The molecule has 22 heavy (non-hydrogen) atoms. The van der Waals surface area contributed by atoms with Gasteiger partial charge in [-0.15, -0.1) is 0 Å². The van der Waals surface area contributed by atoms with E-state index in [1.807, 2.05) is 0 Å².